The molecule has 1 aliphatic heterocycles. The smallest absolute Gasteiger partial charge is 0.276 e. The lowest BCUT2D eigenvalue weighted by Crippen LogP contribution is -2.40. The Hall–Kier alpha value is -7.45. The Morgan fingerprint density at radius 1 is 0.500 bits per heavy atom. The molecule has 0 fully saturated rings. The molecular formula is C46H32N4O4. The number of phenols is 2. The lowest BCUT2D eigenvalue weighted by atomic mass is 9.91. The molecule has 1 atom stereocenters. The van der Waals surface area contributed by atoms with Crippen LogP contribution in [0, 0.1) is 0 Å². The van der Waals surface area contributed by atoms with Crippen molar-refractivity contribution >= 4 is 72.0 Å². The van der Waals surface area contributed by atoms with Crippen molar-refractivity contribution in [3.8, 4) is 33.8 Å². The molecule has 1 heterocycles. The van der Waals surface area contributed by atoms with Gasteiger partial charge in [-0.2, -0.15) is 5.10 Å². The molecule has 1 unspecified atom stereocenters. The molecule has 0 bridgehead atoms. The number of aromatic hydroxyl groups is 2. The molecule has 2 amide bonds. The minimum absolute atomic E-state index is 0.0763. The first-order valence-corrected chi connectivity index (χ1v) is 17.5. The van der Waals surface area contributed by atoms with Crippen molar-refractivity contribution in [1.82, 2.24) is 5.43 Å². The van der Waals surface area contributed by atoms with Crippen molar-refractivity contribution in [3.05, 3.63) is 158 Å². The number of carbonyl (C=O) groups excluding carboxylic acids is 2. The zero-order chi connectivity index (χ0) is 36.8. The summed E-state index contributed by atoms with van der Waals surface area (Å²) in [6.07, 6.45) is 3.11. The van der Waals surface area contributed by atoms with Gasteiger partial charge in [-0.05, 0) is 79.5 Å². The van der Waals surface area contributed by atoms with E-state index in [-0.39, 0.29) is 17.2 Å². The normalized spacial score (nSPS) is 13.9. The van der Waals surface area contributed by atoms with Crippen LogP contribution in [0.1, 0.15) is 0 Å². The summed E-state index contributed by atoms with van der Waals surface area (Å²) >= 11 is 0. The first-order valence-electron chi connectivity index (χ1n) is 17.5. The van der Waals surface area contributed by atoms with E-state index in [0.717, 1.165) is 43.1 Å². The van der Waals surface area contributed by atoms with Crippen LogP contribution in [0.2, 0.25) is 0 Å². The van der Waals surface area contributed by atoms with Gasteiger partial charge in [-0.25, -0.2) is 0 Å². The van der Waals surface area contributed by atoms with Gasteiger partial charge in [-0.1, -0.05) is 121 Å². The van der Waals surface area contributed by atoms with Gasteiger partial charge in [0, 0.05) is 33.6 Å². The highest BCUT2D eigenvalue weighted by Crippen LogP contribution is 2.45. The molecule has 0 aliphatic carbocycles. The second-order valence-corrected chi connectivity index (χ2v) is 13.2. The molecule has 260 valence electrons. The molecule has 8 heteroatoms. The summed E-state index contributed by atoms with van der Waals surface area (Å²) in [4.78, 5) is 27.5. The number of fused-ring (bicyclic) bond motifs is 4. The van der Waals surface area contributed by atoms with Crippen molar-refractivity contribution < 1.29 is 19.8 Å². The second-order valence-electron chi connectivity index (χ2n) is 13.2. The van der Waals surface area contributed by atoms with E-state index in [9.17, 15) is 19.8 Å². The Kier molecular flexibility index (Phi) is 7.97. The largest absolute Gasteiger partial charge is 0.507 e. The number of anilines is 2. The summed E-state index contributed by atoms with van der Waals surface area (Å²) in [6, 6.07) is 45.0. The summed E-state index contributed by atoms with van der Waals surface area (Å²) in [5.74, 6) is -0.691. The number of hydrogen-bond donors (Lipinski definition) is 5. The van der Waals surface area contributed by atoms with Gasteiger partial charge >= 0.3 is 0 Å². The van der Waals surface area contributed by atoms with Crippen LogP contribution >= 0.6 is 0 Å². The second kappa shape index (κ2) is 13.3. The number of carbonyl (C=O) groups is 2. The van der Waals surface area contributed by atoms with E-state index in [2.05, 4.69) is 21.2 Å². The molecule has 8 nitrogen and oxygen atoms in total. The molecule has 0 saturated heterocycles. The fourth-order valence-electron chi connectivity index (χ4n) is 7.41. The average Bonchev–Trinajstić information content (AvgIpc) is 3.21. The van der Waals surface area contributed by atoms with Crippen molar-refractivity contribution in [2.24, 2.45) is 5.10 Å². The zero-order valence-electron chi connectivity index (χ0n) is 28.7. The molecular weight excluding hydrogens is 673 g/mol. The van der Waals surface area contributed by atoms with E-state index in [1.165, 1.54) is 6.08 Å². The molecule has 9 rings (SSSR count). The van der Waals surface area contributed by atoms with Gasteiger partial charge in [-0.3, -0.25) is 15.0 Å². The van der Waals surface area contributed by atoms with E-state index < -0.39 is 17.9 Å². The molecule has 0 radical (unpaired) electrons. The van der Waals surface area contributed by atoms with Crippen molar-refractivity contribution in [3.63, 3.8) is 0 Å². The Bertz CT molecular complexity index is 2900. The Balaban J connectivity index is 1.01. The molecule has 1 aliphatic rings. The van der Waals surface area contributed by atoms with Crippen molar-refractivity contribution in [2.45, 2.75) is 6.04 Å². The van der Waals surface area contributed by atoms with Gasteiger partial charge in [0.05, 0.1) is 0 Å². The fourth-order valence-corrected chi connectivity index (χ4v) is 7.41. The van der Waals surface area contributed by atoms with Crippen LogP contribution in [0.15, 0.2) is 163 Å². The molecule has 8 aromatic rings. The molecule has 8 aromatic carbocycles. The fraction of sp³-hybridized carbons (Fsp3) is 0.0217. The molecule has 0 aromatic heterocycles. The summed E-state index contributed by atoms with van der Waals surface area (Å²) in [5.41, 5.74) is 6.55. The highest BCUT2D eigenvalue weighted by Gasteiger charge is 2.25. The first-order chi connectivity index (χ1) is 26.4. The zero-order valence-corrected chi connectivity index (χ0v) is 28.7. The highest BCUT2D eigenvalue weighted by atomic mass is 16.3. The Morgan fingerprint density at radius 3 is 1.35 bits per heavy atom. The summed E-state index contributed by atoms with van der Waals surface area (Å²) < 4.78 is 0. The van der Waals surface area contributed by atoms with Crippen LogP contribution in [0.4, 0.5) is 11.4 Å². The predicted molar refractivity (Wildman–Crippen MR) is 218 cm³/mol. The van der Waals surface area contributed by atoms with Crippen molar-refractivity contribution in [2.75, 3.05) is 10.6 Å². The SMILES string of the molecule is O=C(Nc1ccc2ccccc2c1-c1c(O)ccc2ccccc12)C1=NNC(C(=O)Nc2ccc3ccccc3c2-c2c(O)ccc3ccccc23)C=C1. The monoisotopic (exact) mass is 704 g/mol. The number of benzene rings is 8. The number of nitrogens with zero attached hydrogens (tertiary/aromatic N) is 1. The maximum Gasteiger partial charge on any atom is 0.276 e. The lowest BCUT2D eigenvalue weighted by molar-refractivity contribution is -0.117. The minimum Gasteiger partial charge on any atom is -0.507 e. The summed E-state index contributed by atoms with van der Waals surface area (Å²) in [7, 11) is 0. The van der Waals surface area contributed by atoms with Gasteiger partial charge in [-0.15, -0.1) is 0 Å². The number of phenolic OH excluding ortho intramolecular Hbond substituents is 2. The Labute approximate surface area is 309 Å². The van der Waals surface area contributed by atoms with Crippen molar-refractivity contribution in [1.29, 1.82) is 0 Å². The number of hydrogen-bond acceptors (Lipinski definition) is 6. The van der Waals surface area contributed by atoms with Gasteiger partial charge in [0.1, 0.15) is 23.3 Å². The van der Waals surface area contributed by atoms with E-state index in [4.69, 9.17) is 0 Å². The van der Waals surface area contributed by atoms with Crippen LogP contribution in [0.5, 0.6) is 11.5 Å². The number of nitrogens with one attached hydrogen (secondary N) is 3. The third-order valence-electron chi connectivity index (χ3n) is 9.96. The standard InChI is InChI=1S/C46H32N4O4/c51-39-25-19-29-11-3-7-15-33(29)43(39)41-31-13-5-1-9-27(31)17-21-35(41)47-45(53)37-23-24-38(50-49-37)46(54)48-36-22-18-28-10-2-6-14-32(28)42(36)44-34-16-8-4-12-30(34)20-26-40(44)52/h1-26,37,49,51-52H,(H,47,53)(H,48,54). The predicted octanol–water partition coefficient (Wildman–Crippen LogP) is 9.51. The third kappa shape index (κ3) is 5.63. The maximum absolute atomic E-state index is 13.8. The molecule has 0 spiro atoms. The third-order valence-corrected chi connectivity index (χ3v) is 9.96. The Morgan fingerprint density at radius 2 is 0.907 bits per heavy atom. The number of amides is 2. The van der Waals surface area contributed by atoms with Crippen LogP contribution in [-0.4, -0.2) is 33.8 Å². The average molecular weight is 705 g/mol. The molecule has 0 saturated carbocycles. The van der Waals surface area contributed by atoms with Crippen LogP contribution in [-0.2, 0) is 9.59 Å². The highest BCUT2D eigenvalue weighted by molar-refractivity contribution is 6.47. The number of rotatable bonds is 6. The lowest BCUT2D eigenvalue weighted by Gasteiger charge is -2.21. The minimum atomic E-state index is -0.883. The van der Waals surface area contributed by atoms with Gasteiger partial charge in [0.15, 0.2) is 0 Å². The van der Waals surface area contributed by atoms with E-state index >= 15 is 0 Å². The van der Waals surface area contributed by atoms with E-state index in [1.54, 1.807) is 18.2 Å². The summed E-state index contributed by atoms with van der Waals surface area (Å²) in [6.45, 7) is 0. The van der Waals surface area contributed by atoms with Gasteiger partial charge in [0.25, 0.3) is 11.8 Å². The van der Waals surface area contributed by atoms with Gasteiger partial charge in [0.2, 0.25) is 0 Å². The topological polar surface area (TPSA) is 123 Å². The molecule has 5 N–H and O–H groups in total. The first kappa shape index (κ1) is 32.5. The van der Waals surface area contributed by atoms with E-state index in [1.807, 2.05) is 133 Å². The van der Waals surface area contributed by atoms with Crippen LogP contribution in [0.25, 0.3) is 65.3 Å². The maximum atomic E-state index is 13.8. The van der Waals surface area contributed by atoms with E-state index in [0.29, 0.717) is 33.6 Å². The van der Waals surface area contributed by atoms with Crippen LogP contribution < -0.4 is 16.1 Å². The summed E-state index contributed by atoms with van der Waals surface area (Å²) in [5, 5.41) is 40.0. The van der Waals surface area contributed by atoms with Gasteiger partial charge < -0.3 is 20.8 Å². The number of hydrazone groups is 1. The molecule has 54 heavy (non-hydrogen) atoms. The quantitative estimate of drug-likeness (QED) is 0.118. The van der Waals surface area contributed by atoms with Crippen LogP contribution in [0.3, 0.4) is 0 Å².